The zero-order chi connectivity index (χ0) is 25.8. The molecule has 1 aromatic heterocycles. The number of aryl methyl sites for hydroxylation is 2. The van der Waals surface area contributed by atoms with Crippen LogP contribution < -0.4 is 5.56 Å². The Bertz CT molecular complexity index is 1410. The maximum Gasteiger partial charge on any atom is 0.307 e. The summed E-state index contributed by atoms with van der Waals surface area (Å²) in [6.07, 6.45) is 2.68. The number of esters is 1. The van der Waals surface area contributed by atoms with Crippen LogP contribution in [-0.4, -0.2) is 38.1 Å². The average Bonchev–Trinajstić information content (AvgIpc) is 2.81. The molecule has 0 aliphatic rings. The molecule has 0 fully saturated rings. The van der Waals surface area contributed by atoms with Crippen molar-refractivity contribution in [2.75, 3.05) is 13.4 Å². The number of ketones is 1. The first-order chi connectivity index (χ1) is 16.5. The maximum atomic E-state index is 13.3. The minimum atomic E-state index is -3.36. The van der Waals surface area contributed by atoms with Gasteiger partial charge in [0.1, 0.15) is 0 Å². The molecule has 0 N–H and O–H groups in total. The van der Waals surface area contributed by atoms with Gasteiger partial charge in [0, 0.05) is 48.0 Å². The molecule has 2 aromatic carbocycles. The van der Waals surface area contributed by atoms with E-state index in [9.17, 15) is 22.8 Å². The van der Waals surface area contributed by atoms with Gasteiger partial charge in [0.15, 0.2) is 15.6 Å². The number of ether oxygens (including phenoxy) is 1. The normalized spacial score (nSPS) is 12.2. The van der Waals surface area contributed by atoms with Crippen molar-refractivity contribution in [3.63, 3.8) is 0 Å². The summed E-state index contributed by atoms with van der Waals surface area (Å²) in [5.41, 5.74) is 2.56. The van der Waals surface area contributed by atoms with Crippen LogP contribution in [0.1, 0.15) is 45.8 Å². The molecule has 9 heteroatoms. The number of hydrogen-bond acceptors (Lipinski definition) is 6. The highest BCUT2D eigenvalue weighted by Gasteiger charge is 2.22. The highest BCUT2D eigenvalue weighted by Crippen LogP contribution is 2.33. The first kappa shape index (κ1) is 26.4. The predicted octanol–water partition coefficient (Wildman–Crippen LogP) is 4.18. The summed E-state index contributed by atoms with van der Waals surface area (Å²) in [5.74, 6) is -1.03. The van der Waals surface area contributed by atoms with E-state index in [-0.39, 0.29) is 41.5 Å². The lowest BCUT2D eigenvalue weighted by Gasteiger charge is -2.20. The molecule has 184 valence electrons. The zero-order valence-corrected chi connectivity index (χ0v) is 21.2. The summed E-state index contributed by atoms with van der Waals surface area (Å²) in [6.45, 7) is 2.00. The second-order valence-corrected chi connectivity index (χ2v) is 10.7. The third kappa shape index (κ3) is 6.68. The lowest BCUT2D eigenvalue weighted by atomic mass is 9.84. The van der Waals surface area contributed by atoms with Crippen LogP contribution in [0.15, 0.2) is 70.5 Å². The largest absolute Gasteiger partial charge is 0.469 e. The molecule has 0 aliphatic heterocycles. The van der Waals surface area contributed by atoms with Crippen molar-refractivity contribution in [1.82, 2.24) is 4.57 Å². The van der Waals surface area contributed by atoms with E-state index in [0.29, 0.717) is 10.6 Å². The van der Waals surface area contributed by atoms with Gasteiger partial charge >= 0.3 is 5.97 Å². The molecular formula is C26H26ClNO6S. The number of hydrogen-bond donors (Lipinski definition) is 0. The second kappa shape index (κ2) is 11.0. The summed E-state index contributed by atoms with van der Waals surface area (Å²) < 4.78 is 29.7. The van der Waals surface area contributed by atoms with Crippen molar-refractivity contribution in [3.05, 3.63) is 98.4 Å². The highest BCUT2D eigenvalue weighted by molar-refractivity contribution is 7.90. The van der Waals surface area contributed by atoms with Gasteiger partial charge in [-0.15, -0.1) is 0 Å². The zero-order valence-electron chi connectivity index (χ0n) is 19.7. The van der Waals surface area contributed by atoms with Gasteiger partial charge in [-0.05, 0) is 53.9 Å². The SMILES string of the molecule is COC(=O)CCn1cc(C(=O)CC(c2ccc(S(C)(=O)=O)cc2)c2ccc(Cl)cc2C)ccc1=O. The molecule has 35 heavy (non-hydrogen) atoms. The fraction of sp³-hybridized carbons (Fsp3) is 0.269. The standard InChI is InChI=1S/C26H26ClNO6S/c1-17-14-20(27)7-10-22(17)23(18-4-8-21(9-5-18)35(3,32)33)15-24(29)19-6-11-25(30)28(16-19)13-12-26(31)34-2/h4-11,14,16,23H,12-13,15H2,1-3H3. The fourth-order valence-corrected chi connectivity index (χ4v) is 4.73. The molecule has 0 saturated carbocycles. The Morgan fingerprint density at radius 1 is 1.06 bits per heavy atom. The second-order valence-electron chi connectivity index (χ2n) is 8.30. The number of aromatic nitrogens is 1. The molecule has 0 bridgehead atoms. The van der Waals surface area contributed by atoms with Crippen LogP contribution in [0, 0.1) is 6.92 Å². The van der Waals surface area contributed by atoms with Gasteiger partial charge in [-0.2, -0.15) is 0 Å². The molecule has 1 unspecified atom stereocenters. The molecule has 0 aliphatic carbocycles. The van der Waals surface area contributed by atoms with E-state index in [1.807, 2.05) is 19.1 Å². The lowest BCUT2D eigenvalue weighted by Crippen LogP contribution is -2.22. The van der Waals surface area contributed by atoms with Crippen molar-refractivity contribution in [2.45, 2.75) is 37.1 Å². The molecule has 3 aromatic rings. The Labute approximate surface area is 209 Å². The van der Waals surface area contributed by atoms with E-state index in [1.54, 1.807) is 18.2 Å². The Morgan fingerprint density at radius 3 is 2.34 bits per heavy atom. The molecule has 0 saturated heterocycles. The number of sulfone groups is 1. The van der Waals surface area contributed by atoms with Gasteiger partial charge in [-0.3, -0.25) is 14.4 Å². The van der Waals surface area contributed by atoms with Gasteiger partial charge in [0.25, 0.3) is 5.56 Å². The van der Waals surface area contributed by atoms with E-state index >= 15 is 0 Å². The summed E-state index contributed by atoms with van der Waals surface area (Å²) in [4.78, 5) is 37.2. The maximum absolute atomic E-state index is 13.3. The first-order valence-corrected chi connectivity index (χ1v) is 13.1. The van der Waals surface area contributed by atoms with E-state index < -0.39 is 15.8 Å². The van der Waals surface area contributed by atoms with E-state index in [4.69, 9.17) is 11.6 Å². The van der Waals surface area contributed by atoms with Crippen LogP contribution in [-0.2, 0) is 25.9 Å². The van der Waals surface area contributed by atoms with Crippen LogP contribution >= 0.6 is 11.6 Å². The van der Waals surface area contributed by atoms with E-state index in [2.05, 4.69) is 4.74 Å². The highest BCUT2D eigenvalue weighted by atomic mass is 35.5. The number of carbonyl (C=O) groups is 2. The molecule has 7 nitrogen and oxygen atoms in total. The number of nitrogens with zero attached hydrogens (tertiary/aromatic N) is 1. The Balaban J connectivity index is 1.97. The number of pyridine rings is 1. The number of carbonyl (C=O) groups excluding carboxylic acids is 2. The Hall–Kier alpha value is -3.23. The van der Waals surface area contributed by atoms with Crippen molar-refractivity contribution in [2.24, 2.45) is 0 Å². The van der Waals surface area contributed by atoms with Crippen molar-refractivity contribution >= 4 is 33.2 Å². The number of halogens is 1. The van der Waals surface area contributed by atoms with Crippen LogP contribution in [0.2, 0.25) is 5.02 Å². The lowest BCUT2D eigenvalue weighted by molar-refractivity contribution is -0.140. The van der Waals surface area contributed by atoms with Gasteiger partial charge in [0.05, 0.1) is 18.4 Å². The number of Topliss-reactive ketones (excluding diaryl/α,β-unsaturated/α-hetero) is 1. The minimum Gasteiger partial charge on any atom is -0.469 e. The first-order valence-electron chi connectivity index (χ1n) is 10.9. The average molecular weight is 516 g/mol. The number of benzene rings is 2. The van der Waals surface area contributed by atoms with Crippen LogP contribution in [0.25, 0.3) is 0 Å². The molecule has 0 amide bonds. The van der Waals surface area contributed by atoms with Gasteiger partial charge in [-0.1, -0.05) is 29.8 Å². The topological polar surface area (TPSA) is 99.5 Å². The van der Waals surface area contributed by atoms with Crippen LogP contribution in [0.5, 0.6) is 0 Å². The summed E-state index contributed by atoms with van der Waals surface area (Å²) in [7, 11) is -2.09. The Kier molecular flexibility index (Phi) is 8.30. The minimum absolute atomic E-state index is 0.00727. The molecule has 0 radical (unpaired) electrons. The molecule has 0 spiro atoms. The third-order valence-corrected chi connectivity index (χ3v) is 7.16. The van der Waals surface area contributed by atoms with Crippen molar-refractivity contribution in [1.29, 1.82) is 0 Å². The van der Waals surface area contributed by atoms with Crippen LogP contribution in [0.3, 0.4) is 0 Å². The predicted molar refractivity (Wildman–Crippen MR) is 134 cm³/mol. The molecule has 3 rings (SSSR count). The molecule has 1 atom stereocenters. The quantitative estimate of drug-likeness (QED) is 0.313. The summed E-state index contributed by atoms with van der Waals surface area (Å²) in [6, 6.07) is 14.7. The fourth-order valence-electron chi connectivity index (χ4n) is 3.87. The smallest absolute Gasteiger partial charge is 0.307 e. The van der Waals surface area contributed by atoms with Gasteiger partial charge in [0.2, 0.25) is 0 Å². The summed E-state index contributed by atoms with van der Waals surface area (Å²) in [5, 5.41) is 0.571. The number of rotatable bonds is 9. The van der Waals surface area contributed by atoms with E-state index in [0.717, 1.165) is 22.9 Å². The third-order valence-electron chi connectivity index (χ3n) is 5.80. The number of methoxy groups -OCH3 is 1. The van der Waals surface area contributed by atoms with Gasteiger partial charge < -0.3 is 9.30 Å². The van der Waals surface area contributed by atoms with Crippen molar-refractivity contribution < 1.29 is 22.7 Å². The van der Waals surface area contributed by atoms with Crippen LogP contribution in [0.4, 0.5) is 0 Å². The Morgan fingerprint density at radius 2 is 1.74 bits per heavy atom. The van der Waals surface area contributed by atoms with Gasteiger partial charge in [-0.25, -0.2) is 8.42 Å². The van der Waals surface area contributed by atoms with E-state index in [1.165, 1.54) is 42.1 Å². The molecular weight excluding hydrogens is 490 g/mol. The summed E-state index contributed by atoms with van der Waals surface area (Å²) >= 11 is 6.14. The van der Waals surface area contributed by atoms with Crippen molar-refractivity contribution in [3.8, 4) is 0 Å². The molecule has 1 heterocycles. The monoisotopic (exact) mass is 515 g/mol.